The quantitative estimate of drug-likeness (QED) is 0.487. The first kappa shape index (κ1) is 18.1. The average molecular weight is 249 g/mol. The van der Waals surface area contributed by atoms with Crippen LogP contribution in [0.15, 0.2) is 0 Å². The predicted molar refractivity (Wildman–Crippen MR) is 75.5 cm³/mol. The van der Waals surface area contributed by atoms with E-state index >= 15 is 0 Å². The smallest absolute Gasteiger partial charge is 0.0971 e. The van der Waals surface area contributed by atoms with Gasteiger partial charge in [0.25, 0.3) is 0 Å². The van der Waals surface area contributed by atoms with Crippen molar-refractivity contribution >= 4 is 18.2 Å². The van der Waals surface area contributed by atoms with Crippen molar-refractivity contribution in [3.63, 3.8) is 0 Å². The standard InChI is InChI=1S/C13H28N2.ClH/c1-5-8-11(4)13(9-6-2,10-7-3)12(14)15;/h11H,5-10H2,1-4H3,(H3,14,15);1H. The third-order valence-corrected chi connectivity index (χ3v) is 3.59. The molecule has 0 fully saturated rings. The Labute approximate surface area is 107 Å². The van der Waals surface area contributed by atoms with Gasteiger partial charge in [0.2, 0.25) is 0 Å². The van der Waals surface area contributed by atoms with Crippen LogP contribution in [0.25, 0.3) is 0 Å². The van der Waals surface area contributed by atoms with Gasteiger partial charge in [-0.15, -0.1) is 12.4 Å². The van der Waals surface area contributed by atoms with Gasteiger partial charge >= 0.3 is 0 Å². The van der Waals surface area contributed by atoms with Crippen LogP contribution in [0.5, 0.6) is 0 Å². The fourth-order valence-electron chi connectivity index (χ4n) is 2.75. The number of nitrogens with two attached hydrogens (primary N) is 1. The molecule has 0 bridgehead atoms. The summed E-state index contributed by atoms with van der Waals surface area (Å²) in [7, 11) is 0. The highest BCUT2D eigenvalue weighted by atomic mass is 35.5. The SMILES string of the molecule is CCCC(C)C(CCC)(CCC)C(=N)N.Cl. The largest absolute Gasteiger partial charge is 0.387 e. The Balaban J connectivity index is 0. The number of nitrogens with one attached hydrogen (secondary N) is 1. The lowest BCUT2D eigenvalue weighted by Gasteiger charge is -2.38. The molecule has 1 atom stereocenters. The van der Waals surface area contributed by atoms with Crippen LogP contribution >= 0.6 is 12.4 Å². The van der Waals surface area contributed by atoms with Crippen molar-refractivity contribution in [1.82, 2.24) is 0 Å². The van der Waals surface area contributed by atoms with Gasteiger partial charge in [-0.25, -0.2) is 0 Å². The molecule has 0 aromatic rings. The fraction of sp³-hybridized carbons (Fsp3) is 0.923. The van der Waals surface area contributed by atoms with E-state index in [4.69, 9.17) is 11.1 Å². The van der Waals surface area contributed by atoms with Gasteiger partial charge in [0, 0.05) is 5.41 Å². The lowest BCUT2D eigenvalue weighted by Crippen LogP contribution is -2.41. The van der Waals surface area contributed by atoms with E-state index in [1.807, 2.05) is 0 Å². The number of hydrogen-bond donors (Lipinski definition) is 2. The Bertz CT molecular complexity index is 186. The van der Waals surface area contributed by atoms with Gasteiger partial charge in [-0.05, 0) is 18.8 Å². The van der Waals surface area contributed by atoms with Crippen molar-refractivity contribution in [1.29, 1.82) is 5.41 Å². The normalized spacial score (nSPS) is 13.0. The molecular formula is C13H29ClN2. The summed E-state index contributed by atoms with van der Waals surface area (Å²) in [6.45, 7) is 8.84. The van der Waals surface area contributed by atoms with Crippen LogP contribution < -0.4 is 5.73 Å². The van der Waals surface area contributed by atoms with E-state index < -0.39 is 0 Å². The average Bonchev–Trinajstić information content (AvgIpc) is 2.17. The summed E-state index contributed by atoms with van der Waals surface area (Å²) in [4.78, 5) is 0. The minimum Gasteiger partial charge on any atom is -0.387 e. The van der Waals surface area contributed by atoms with Crippen molar-refractivity contribution in [3.05, 3.63) is 0 Å². The summed E-state index contributed by atoms with van der Waals surface area (Å²) in [5.74, 6) is 0.951. The number of amidine groups is 1. The molecule has 0 aromatic heterocycles. The zero-order chi connectivity index (χ0) is 11.9. The molecule has 0 heterocycles. The lowest BCUT2D eigenvalue weighted by molar-refractivity contribution is 0.215. The van der Waals surface area contributed by atoms with Crippen LogP contribution in [0.4, 0.5) is 0 Å². The van der Waals surface area contributed by atoms with Crippen LogP contribution in [-0.4, -0.2) is 5.84 Å². The lowest BCUT2D eigenvalue weighted by atomic mass is 9.67. The maximum Gasteiger partial charge on any atom is 0.0971 e. The monoisotopic (exact) mass is 248 g/mol. The molecule has 3 N–H and O–H groups in total. The van der Waals surface area contributed by atoms with E-state index in [1.165, 1.54) is 12.8 Å². The van der Waals surface area contributed by atoms with Gasteiger partial charge in [0.05, 0.1) is 5.84 Å². The molecule has 0 aliphatic rings. The summed E-state index contributed by atoms with van der Waals surface area (Å²) >= 11 is 0. The molecule has 2 nitrogen and oxygen atoms in total. The molecule has 16 heavy (non-hydrogen) atoms. The number of hydrogen-bond acceptors (Lipinski definition) is 1. The number of halogens is 1. The second-order valence-electron chi connectivity index (χ2n) is 4.76. The molecule has 0 radical (unpaired) electrons. The third kappa shape index (κ3) is 4.32. The molecular weight excluding hydrogens is 220 g/mol. The van der Waals surface area contributed by atoms with Crippen LogP contribution in [0.1, 0.15) is 66.2 Å². The zero-order valence-electron chi connectivity index (χ0n) is 11.3. The third-order valence-electron chi connectivity index (χ3n) is 3.59. The first-order chi connectivity index (χ1) is 7.05. The maximum atomic E-state index is 7.89. The molecule has 0 spiro atoms. The molecule has 0 aliphatic heterocycles. The Kier molecular flexibility index (Phi) is 10.0. The molecule has 0 saturated heterocycles. The second-order valence-corrected chi connectivity index (χ2v) is 4.76. The summed E-state index contributed by atoms with van der Waals surface area (Å²) in [5, 5.41) is 7.89. The summed E-state index contributed by atoms with van der Waals surface area (Å²) in [5.41, 5.74) is 5.83. The van der Waals surface area contributed by atoms with Gasteiger partial charge in [-0.3, -0.25) is 5.41 Å². The van der Waals surface area contributed by atoms with E-state index in [2.05, 4.69) is 27.7 Å². The first-order valence-electron chi connectivity index (χ1n) is 6.39. The van der Waals surface area contributed by atoms with Crippen LogP contribution in [0.3, 0.4) is 0 Å². The Morgan fingerprint density at radius 2 is 1.56 bits per heavy atom. The predicted octanol–water partition coefficient (Wildman–Crippen LogP) is 4.37. The minimum atomic E-state index is -0.0283. The van der Waals surface area contributed by atoms with Crippen LogP contribution in [0.2, 0.25) is 0 Å². The Hall–Kier alpha value is -0.240. The highest BCUT2D eigenvalue weighted by Gasteiger charge is 2.36. The molecule has 0 rings (SSSR count). The van der Waals surface area contributed by atoms with Gasteiger partial charge < -0.3 is 5.73 Å². The number of rotatable bonds is 8. The molecule has 3 heteroatoms. The van der Waals surface area contributed by atoms with Crippen molar-refractivity contribution in [2.45, 2.75) is 66.2 Å². The molecule has 0 aliphatic carbocycles. The minimum absolute atomic E-state index is 0. The van der Waals surface area contributed by atoms with E-state index in [9.17, 15) is 0 Å². The van der Waals surface area contributed by atoms with Gasteiger partial charge in [-0.2, -0.15) is 0 Å². The topological polar surface area (TPSA) is 49.9 Å². The summed E-state index contributed by atoms with van der Waals surface area (Å²) < 4.78 is 0. The van der Waals surface area contributed by atoms with Crippen molar-refractivity contribution < 1.29 is 0 Å². The Morgan fingerprint density at radius 1 is 1.12 bits per heavy atom. The van der Waals surface area contributed by atoms with E-state index in [0.717, 1.165) is 25.7 Å². The molecule has 98 valence electrons. The van der Waals surface area contributed by atoms with Crippen molar-refractivity contribution in [3.8, 4) is 0 Å². The van der Waals surface area contributed by atoms with Gasteiger partial charge in [0.15, 0.2) is 0 Å². The Morgan fingerprint density at radius 3 is 1.81 bits per heavy atom. The van der Waals surface area contributed by atoms with E-state index in [1.54, 1.807) is 0 Å². The van der Waals surface area contributed by atoms with Gasteiger partial charge in [0.1, 0.15) is 0 Å². The molecule has 0 saturated carbocycles. The second kappa shape index (κ2) is 8.86. The fourth-order valence-corrected chi connectivity index (χ4v) is 2.75. The van der Waals surface area contributed by atoms with Crippen LogP contribution in [-0.2, 0) is 0 Å². The van der Waals surface area contributed by atoms with E-state index in [0.29, 0.717) is 11.8 Å². The highest BCUT2D eigenvalue weighted by Crippen LogP contribution is 2.40. The highest BCUT2D eigenvalue weighted by molar-refractivity contribution is 5.85. The molecule has 0 amide bonds. The maximum absolute atomic E-state index is 7.89. The van der Waals surface area contributed by atoms with E-state index in [-0.39, 0.29) is 17.8 Å². The van der Waals surface area contributed by atoms with Crippen molar-refractivity contribution in [2.24, 2.45) is 17.1 Å². The van der Waals surface area contributed by atoms with Crippen LogP contribution in [0, 0.1) is 16.7 Å². The summed E-state index contributed by atoms with van der Waals surface area (Å²) in [6, 6.07) is 0. The van der Waals surface area contributed by atoms with Crippen molar-refractivity contribution in [2.75, 3.05) is 0 Å². The molecule has 0 aromatic carbocycles. The summed E-state index contributed by atoms with van der Waals surface area (Å²) in [6.07, 6.45) is 6.74. The zero-order valence-corrected chi connectivity index (χ0v) is 12.1. The first-order valence-corrected chi connectivity index (χ1v) is 6.39. The van der Waals surface area contributed by atoms with Gasteiger partial charge in [-0.1, -0.05) is 53.4 Å². The molecule has 1 unspecified atom stereocenters.